The second kappa shape index (κ2) is 7.22. The van der Waals surface area contributed by atoms with E-state index >= 15 is 0 Å². The second-order valence-corrected chi connectivity index (χ2v) is 5.52. The van der Waals surface area contributed by atoms with Gasteiger partial charge in [-0.2, -0.15) is 0 Å². The quantitative estimate of drug-likeness (QED) is 0.774. The van der Waals surface area contributed by atoms with Crippen LogP contribution in [0.15, 0.2) is 18.2 Å². The van der Waals surface area contributed by atoms with Gasteiger partial charge in [0.2, 0.25) is 5.91 Å². The summed E-state index contributed by atoms with van der Waals surface area (Å²) in [7, 11) is 1.59. The van der Waals surface area contributed by atoms with E-state index in [1.807, 2.05) is 13.0 Å². The van der Waals surface area contributed by atoms with Gasteiger partial charge in [-0.3, -0.25) is 9.59 Å². The van der Waals surface area contributed by atoms with Crippen molar-refractivity contribution in [1.29, 1.82) is 0 Å². The van der Waals surface area contributed by atoms with E-state index in [0.29, 0.717) is 23.8 Å². The van der Waals surface area contributed by atoms with E-state index in [1.54, 1.807) is 19.2 Å². The molecule has 0 heterocycles. The molecule has 0 atom stereocenters. The van der Waals surface area contributed by atoms with Crippen molar-refractivity contribution in [2.75, 3.05) is 18.9 Å². The Kier molecular flexibility index (Phi) is 5.33. The summed E-state index contributed by atoms with van der Waals surface area (Å²) in [6.07, 6.45) is 4.79. The van der Waals surface area contributed by atoms with Gasteiger partial charge in [-0.25, -0.2) is 0 Å². The monoisotopic (exact) mass is 289 g/mol. The van der Waals surface area contributed by atoms with E-state index in [2.05, 4.69) is 16.0 Å². The number of carbonyl (C=O) groups excluding carboxylic acids is 2. The van der Waals surface area contributed by atoms with Crippen LogP contribution < -0.4 is 16.0 Å². The third kappa shape index (κ3) is 4.29. The van der Waals surface area contributed by atoms with E-state index in [-0.39, 0.29) is 11.8 Å². The summed E-state index contributed by atoms with van der Waals surface area (Å²) in [6, 6.07) is 5.77. The van der Waals surface area contributed by atoms with Crippen LogP contribution in [0.1, 0.15) is 41.6 Å². The number of hydrogen-bond donors (Lipinski definition) is 3. The molecule has 1 aromatic carbocycles. The van der Waals surface area contributed by atoms with Crippen LogP contribution in [0, 0.1) is 6.92 Å². The molecule has 114 valence electrons. The topological polar surface area (TPSA) is 70.2 Å². The molecule has 21 heavy (non-hydrogen) atoms. The number of rotatable bonds is 5. The van der Waals surface area contributed by atoms with Gasteiger partial charge in [-0.1, -0.05) is 18.9 Å². The zero-order chi connectivity index (χ0) is 15.2. The number of nitrogens with one attached hydrogen (secondary N) is 3. The molecule has 0 saturated heterocycles. The maximum absolute atomic E-state index is 12.0. The molecule has 0 aliphatic heterocycles. The lowest BCUT2D eigenvalue weighted by atomic mass is 10.1. The molecule has 1 aliphatic rings. The van der Waals surface area contributed by atoms with Crippen molar-refractivity contribution in [3.8, 4) is 0 Å². The number of anilines is 1. The molecule has 1 aromatic rings. The largest absolute Gasteiger partial charge is 0.355 e. The third-order valence-corrected chi connectivity index (χ3v) is 3.91. The van der Waals surface area contributed by atoms with Crippen LogP contribution in [-0.2, 0) is 4.79 Å². The van der Waals surface area contributed by atoms with E-state index in [1.165, 1.54) is 12.8 Å². The van der Waals surface area contributed by atoms with Crippen molar-refractivity contribution in [3.63, 3.8) is 0 Å². The molecule has 5 nitrogen and oxygen atoms in total. The molecular weight excluding hydrogens is 266 g/mol. The van der Waals surface area contributed by atoms with Gasteiger partial charge in [0.15, 0.2) is 0 Å². The van der Waals surface area contributed by atoms with E-state index in [9.17, 15) is 9.59 Å². The summed E-state index contributed by atoms with van der Waals surface area (Å²) in [4.78, 5) is 23.6. The Bertz CT molecular complexity index is 522. The Morgan fingerprint density at radius 3 is 2.62 bits per heavy atom. The Hall–Kier alpha value is -1.88. The fourth-order valence-electron chi connectivity index (χ4n) is 2.60. The average molecular weight is 289 g/mol. The Morgan fingerprint density at radius 1 is 1.24 bits per heavy atom. The molecule has 1 saturated carbocycles. The first kappa shape index (κ1) is 15.5. The smallest absolute Gasteiger partial charge is 0.251 e. The SMILES string of the molecule is CNC(=O)c1ccc(C)c(NC(=O)CNC2CCCC2)c1. The Morgan fingerprint density at radius 2 is 1.95 bits per heavy atom. The van der Waals surface area contributed by atoms with Crippen molar-refractivity contribution in [2.45, 2.75) is 38.6 Å². The molecule has 1 aliphatic carbocycles. The third-order valence-electron chi connectivity index (χ3n) is 3.91. The highest BCUT2D eigenvalue weighted by Crippen LogP contribution is 2.18. The van der Waals surface area contributed by atoms with E-state index in [4.69, 9.17) is 0 Å². The highest BCUT2D eigenvalue weighted by molar-refractivity contribution is 5.98. The van der Waals surface area contributed by atoms with Crippen LogP contribution >= 0.6 is 0 Å². The number of amides is 2. The van der Waals surface area contributed by atoms with Crippen molar-refractivity contribution in [2.24, 2.45) is 0 Å². The number of benzene rings is 1. The predicted octanol–water partition coefficient (Wildman–Crippen LogP) is 1.83. The molecule has 0 unspecified atom stereocenters. The van der Waals surface area contributed by atoms with Gasteiger partial charge in [-0.05, 0) is 37.5 Å². The highest BCUT2D eigenvalue weighted by Gasteiger charge is 2.15. The first-order chi connectivity index (χ1) is 10.1. The molecule has 2 amide bonds. The maximum Gasteiger partial charge on any atom is 0.251 e. The van der Waals surface area contributed by atoms with Gasteiger partial charge < -0.3 is 16.0 Å². The van der Waals surface area contributed by atoms with Crippen LogP contribution in [-0.4, -0.2) is 31.4 Å². The Balaban J connectivity index is 1.94. The second-order valence-electron chi connectivity index (χ2n) is 5.52. The summed E-state index contributed by atoms with van der Waals surface area (Å²) in [5.74, 6) is -0.228. The van der Waals surface area contributed by atoms with Crippen LogP contribution in [0.25, 0.3) is 0 Å². The van der Waals surface area contributed by atoms with Gasteiger partial charge in [-0.15, -0.1) is 0 Å². The summed E-state index contributed by atoms with van der Waals surface area (Å²) >= 11 is 0. The molecule has 1 fully saturated rings. The lowest BCUT2D eigenvalue weighted by Crippen LogP contribution is -2.34. The number of hydrogen-bond acceptors (Lipinski definition) is 3. The summed E-state index contributed by atoms with van der Waals surface area (Å²) < 4.78 is 0. The zero-order valence-corrected chi connectivity index (χ0v) is 12.7. The summed E-state index contributed by atoms with van der Waals surface area (Å²) in [5, 5.41) is 8.73. The molecular formula is C16H23N3O2. The minimum atomic E-state index is -0.158. The van der Waals surface area contributed by atoms with Gasteiger partial charge >= 0.3 is 0 Å². The molecule has 5 heteroatoms. The lowest BCUT2D eigenvalue weighted by molar-refractivity contribution is -0.115. The highest BCUT2D eigenvalue weighted by atomic mass is 16.2. The number of carbonyl (C=O) groups is 2. The number of aryl methyl sites for hydroxylation is 1. The molecule has 0 aromatic heterocycles. The van der Waals surface area contributed by atoms with Crippen LogP contribution in [0.4, 0.5) is 5.69 Å². The first-order valence-corrected chi connectivity index (χ1v) is 7.46. The van der Waals surface area contributed by atoms with Gasteiger partial charge in [0.05, 0.1) is 6.54 Å². The van der Waals surface area contributed by atoms with Crippen molar-refractivity contribution in [1.82, 2.24) is 10.6 Å². The van der Waals surface area contributed by atoms with Crippen LogP contribution in [0.5, 0.6) is 0 Å². The van der Waals surface area contributed by atoms with E-state index < -0.39 is 0 Å². The standard InChI is InChI=1S/C16H23N3O2/c1-11-7-8-12(16(21)17-2)9-14(11)19-15(20)10-18-13-5-3-4-6-13/h7-9,13,18H,3-6,10H2,1-2H3,(H,17,21)(H,19,20). The summed E-state index contributed by atoms with van der Waals surface area (Å²) in [5.41, 5.74) is 2.17. The maximum atomic E-state index is 12.0. The zero-order valence-electron chi connectivity index (χ0n) is 12.7. The molecule has 0 bridgehead atoms. The van der Waals surface area contributed by atoms with Gasteiger partial charge in [0, 0.05) is 24.3 Å². The van der Waals surface area contributed by atoms with Crippen molar-refractivity contribution >= 4 is 17.5 Å². The van der Waals surface area contributed by atoms with Gasteiger partial charge in [0.25, 0.3) is 5.91 Å². The minimum absolute atomic E-state index is 0.0703. The van der Waals surface area contributed by atoms with E-state index in [0.717, 1.165) is 18.4 Å². The molecule has 2 rings (SSSR count). The minimum Gasteiger partial charge on any atom is -0.355 e. The fourth-order valence-corrected chi connectivity index (χ4v) is 2.60. The van der Waals surface area contributed by atoms with Crippen molar-refractivity contribution < 1.29 is 9.59 Å². The average Bonchev–Trinajstić information content (AvgIpc) is 3.00. The lowest BCUT2D eigenvalue weighted by Gasteiger charge is -2.13. The predicted molar refractivity (Wildman–Crippen MR) is 83.5 cm³/mol. The molecule has 3 N–H and O–H groups in total. The van der Waals surface area contributed by atoms with Crippen LogP contribution in [0.3, 0.4) is 0 Å². The van der Waals surface area contributed by atoms with Crippen molar-refractivity contribution in [3.05, 3.63) is 29.3 Å². The van der Waals surface area contributed by atoms with Gasteiger partial charge in [0.1, 0.15) is 0 Å². The first-order valence-electron chi connectivity index (χ1n) is 7.46. The van der Waals surface area contributed by atoms with Crippen LogP contribution in [0.2, 0.25) is 0 Å². The summed E-state index contributed by atoms with van der Waals surface area (Å²) in [6.45, 7) is 2.22. The fraction of sp³-hybridized carbons (Fsp3) is 0.500. The Labute approximate surface area is 125 Å². The normalized spacial score (nSPS) is 15.0. The molecule has 0 radical (unpaired) electrons. The molecule has 0 spiro atoms.